The van der Waals surface area contributed by atoms with Crippen LogP contribution in [0, 0.1) is 0 Å². The van der Waals surface area contributed by atoms with Gasteiger partial charge in [0.2, 0.25) is 0 Å². The molecule has 0 unspecified atom stereocenters. The molecule has 26 heavy (non-hydrogen) atoms. The third-order valence-corrected chi connectivity index (χ3v) is 5.62. The average Bonchev–Trinajstić information content (AvgIpc) is 2.59. The lowest BCUT2D eigenvalue weighted by Gasteiger charge is -2.05. The second-order valence-corrected chi connectivity index (χ2v) is 9.05. The van der Waals surface area contributed by atoms with E-state index in [4.69, 9.17) is 10.3 Å². The highest BCUT2D eigenvalue weighted by atomic mass is 32.2. The maximum Gasteiger partial charge on any atom is 0.264 e. The molecule has 0 spiro atoms. The Morgan fingerprint density at radius 1 is 0.577 bits per heavy atom. The summed E-state index contributed by atoms with van der Waals surface area (Å²) in [6.45, 7) is 2.45. The van der Waals surface area contributed by atoms with E-state index in [0.717, 1.165) is 19.5 Å². The smallest absolute Gasteiger partial charge is 0.264 e. The van der Waals surface area contributed by atoms with Gasteiger partial charge in [0.25, 0.3) is 10.1 Å². The van der Waals surface area contributed by atoms with Gasteiger partial charge in [-0.25, -0.2) is 0 Å². The summed E-state index contributed by atoms with van der Waals surface area (Å²) < 4.78 is 29.7. The fourth-order valence-corrected chi connectivity index (χ4v) is 3.71. The van der Waals surface area contributed by atoms with Crippen molar-refractivity contribution < 1.29 is 13.0 Å². The fraction of sp³-hybridized carbons (Fsp3) is 1.00. The molecule has 0 bridgehead atoms. The van der Waals surface area contributed by atoms with E-state index in [-0.39, 0.29) is 5.75 Å². The normalized spacial score (nSPS) is 11.9. The lowest BCUT2D eigenvalue weighted by molar-refractivity contribution is 0.479. The van der Waals surface area contributed by atoms with Crippen molar-refractivity contribution >= 4 is 10.1 Å². The third-order valence-electron chi connectivity index (χ3n) is 4.81. The maximum atomic E-state index is 10.5. The van der Waals surface area contributed by atoms with Crippen molar-refractivity contribution in [1.82, 2.24) is 5.32 Å². The first-order valence-corrected chi connectivity index (χ1v) is 12.5. The second kappa shape index (κ2) is 19.6. The third kappa shape index (κ3) is 23.8. The van der Waals surface area contributed by atoms with Crippen molar-refractivity contribution in [2.45, 2.75) is 103 Å². The Balaban J connectivity index is 3.03. The lowest BCUT2D eigenvalue weighted by atomic mass is 10.0. The molecule has 4 N–H and O–H groups in total. The molecule has 0 fully saturated rings. The van der Waals surface area contributed by atoms with E-state index >= 15 is 0 Å². The van der Waals surface area contributed by atoms with Gasteiger partial charge in [-0.3, -0.25) is 4.55 Å². The van der Waals surface area contributed by atoms with Gasteiger partial charge in [-0.05, 0) is 38.9 Å². The van der Waals surface area contributed by atoms with E-state index in [1.165, 1.54) is 89.9 Å². The topological polar surface area (TPSA) is 92.4 Å². The number of nitrogens with one attached hydrogen (secondary N) is 1. The summed E-state index contributed by atoms with van der Waals surface area (Å²) in [6.07, 6.45) is 20.5. The van der Waals surface area contributed by atoms with Crippen LogP contribution in [-0.2, 0) is 10.1 Å². The molecule has 0 atom stereocenters. The molecule has 0 aliphatic carbocycles. The quantitative estimate of drug-likeness (QED) is 0.195. The molecule has 0 heterocycles. The second-order valence-electron chi connectivity index (χ2n) is 7.48. The van der Waals surface area contributed by atoms with Gasteiger partial charge in [-0.15, -0.1) is 0 Å². The number of hydrogen-bond acceptors (Lipinski definition) is 4. The zero-order valence-corrected chi connectivity index (χ0v) is 17.7. The van der Waals surface area contributed by atoms with Crippen LogP contribution >= 0.6 is 0 Å². The molecule has 158 valence electrons. The SMILES string of the molecule is NCCCCCCCCCCCCCCCCCNCCCS(=O)(=O)O. The Kier molecular flexibility index (Phi) is 19.5. The van der Waals surface area contributed by atoms with E-state index in [2.05, 4.69) is 5.32 Å². The fourth-order valence-electron chi connectivity index (χ4n) is 3.20. The highest BCUT2D eigenvalue weighted by Gasteiger charge is 2.02. The summed E-state index contributed by atoms with van der Waals surface area (Å²) in [4.78, 5) is 0. The zero-order valence-electron chi connectivity index (χ0n) is 16.9. The predicted molar refractivity (Wildman–Crippen MR) is 112 cm³/mol. The first kappa shape index (κ1) is 25.8. The number of rotatable bonds is 21. The first-order chi connectivity index (χ1) is 12.6. The Morgan fingerprint density at radius 2 is 0.923 bits per heavy atom. The van der Waals surface area contributed by atoms with E-state index < -0.39 is 10.1 Å². The van der Waals surface area contributed by atoms with Crippen LogP contribution in [0.5, 0.6) is 0 Å². The van der Waals surface area contributed by atoms with Gasteiger partial charge in [0, 0.05) is 0 Å². The van der Waals surface area contributed by atoms with Crippen LogP contribution in [0.3, 0.4) is 0 Å². The molecule has 0 aliphatic heterocycles. The molecule has 0 aromatic rings. The Hall–Kier alpha value is -0.170. The Morgan fingerprint density at radius 3 is 1.31 bits per heavy atom. The molecule has 0 saturated heterocycles. The molecule has 0 rings (SSSR count). The van der Waals surface area contributed by atoms with E-state index in [1.54, 1.807) is 0 Å². The number of unbranched alkanes of at least 4 members (excludes halogenated alkanes) is 14. The largest absolute Gasteiger partial charge is 0.330 e. The van der Waals surface area contributed by atoms with E-state index in [1.807, 2.05) is 0 Å². The van der Waals surface area contributed by atoms with Crippen molar-refractivity contribution in [2.24, 2.45) is 5.73 Å². The van der Waals surface area contributed by atoms with Gasteiger partial charge in [0.1, 0.15) is 0 Å². The van der Waals surface area contributed by atoms with Crippen molar-refractivity contribution in [3.63, 3.8) is 0 Å². The molecule has 6 heteroatoms. The molecule has 0 amide bonds. The van der Waals surface area contributed by atoms with Crippen molar-refractivity contribution in [2.75, 3.05) is 25.4 Å². The van der Waals surface area contributed by atoms with Gasteiger partial charge < -0.3 is 11.1 Å². The monoisotopic (exact) mass is 392 g/mol. The highest BCUT2D eigenvalue weighted by molar-refractivity contribution is 7.85. The summed E-state index contributed by atoms with van der Waals surface area (Å²) in [7, 11) is -3.79. The summed E-state index contributed by atoms with van der Waals surface area (Å²) >= 11 is 0. The summed E-state index contributed by atoms with van der Waals surface area (Å²) in [5.74, 6) is -0.144. The molecule has 0 aliphatic rings. The minimum Gasteiger partial charge on any atom is -0.330 e. The Labute approximate surface area is 162 Å². The summed E-state index contributed by atoms with van der Waals surface area (Å²) in [6, 6.07) is 0. The van der Waals surface area contributed by atoms with Gasteiger partial charge in [0.05, 0.1) is 5.75 Å². The minimum absolute atomic E-state index is 0.144. The molecule has 0 aromatic heterocycles. The minimum atomic E-state index is -3.79. The summed E-state index contributed by atoms with van der Waals surface area (Å²) in [5, 5.41) is 3.23. The summed E-state index contributed by atoms with van der Waals surface area (Å²) in [5.41, 5.74) is 5.49. The molecule has 0 saturated carbocycles. The van der Waals surface area contributed by atoms with Gasteiger partial charge in [-0.1, -0.05) is 83.5 Å². The Bertz CT molecular complexity index is 375. The van der Waals surface area contributed by atoms with Crippen LogP contribution in [0.25, 0.3) is 0 Å². The van der Waals surface area contributed by atoms with Gasteiger partial charge in [0.15, 0.2) is 0 Å². The van der Waals surface area contributed by atoms with E-state index in [0.29, 0.717) is 13.0 Å². The van der Waals surface area contributed by atoms with Crippen LogP contribution in [0.15, 0.2) is 0 Å². The van der Waals surface area contributed by atoms with E-state index in [9.17, 15) is 8.42 Å². The number of nitrogens with two attached hydrogens (primary N) is 1. The molecule has 0 radical (unpaired) electrons. The zero-order chi connectivity index (χ0) is 19.3. The predicted octanol–water partition coefficient (Wildman–Crippen LogP) is 4.66. The van der Waals surface area contributed by atoms with Crippen LogP contribution in [-0.4, -0.2) is 38.4 Å². The maximum absolute atomic E-state index is 10.5. The van der Waals surface area contributed by atoms with Crippen LogP contribution in [0.1, 0.15) is 103 Å². The molecular formula is C20H44N2O3S. The molecular weight excluding hydrogens is 348 g/mol. The lowest BCUT2D eigenvalue weighted by Crippen LogP contribution is -2.19. The first-order valence-electron chi connectivity index (χ1n) is 10.9. The van der Waals surface area contributed by atoms with Gasteiger partial charge in [-0.2, -0.15) is 8.42 Å². The number of hydrogen-bond donors (Lipinski definition) is 3. The average molecular weight is 393 g/mol. The molecule has 5 nitrogen and oxygen atoms in total. The standard InChI is InChI=1S/C20H44N2O3S/c21-17-14-12-10-8-6-4-2-1-3-5-7-9-11-13-15-18-22-19-16-20-26(23,24)25/h22H,1-21H2,(H,23,24,25). The van der Waals surface area contributed by atoms with Crippen LogP contribution < -0.4 is 11.1 Å². The van der Waals surface area contributed by atoms with Crippen LogP contribution in [0.4, 0.5) is 0 Å². The van der Waals surface area contributed by atoms with Crippen molar-refractivity contribution in [3.8, 4) is 0 Å². The molecule has 0 aromatic carbocycles. The van der Waals surface area contributed by atoms with Crippen molar-refractivity contribution in [3.05, 3.63) is 0 Å². The van der Waals surface area contributed by atoms with Crippen molar-refractivity contribution in [1.29, 1.82) is 0 Å². The van der Waals surface area contributed by atoms with Crippen LogP contribution in [0.2, 0.25) is 0 Å². The highest BCUT2D eigenvalue weighted by Crippen LogP contribution is 2.13. The van der Waals surface area contributed by atoms with Gasteiger partial charge >= 0.3 is 0 Å².